The van der Waals surface area contributed by atoms with E-state index in [1.807, 2.05) is 24.3 Å². The highest BCUT2D eigenvalue weighted by Gasteiger charge is 2.19. The third kappa shape index (κ3) is 4.97. The van der Waals surface area contributed by atoms with E-state index in [0.29, 0.717) is 34.9 Å². The molecule has 0 aliphatic rings. The normalized spacial score (nSPS) is 10.9. The predicted octanol–water partition coefficient (Wildman–Crippen LogP) is 5.65. The van der Waals surface area contributed by atoms with Gasteiger partial charge in [0.1, 0.15) is 5.82 Å². The van der Waals surface area contributed by atoms with E-state index < -0.39 is 11.6 Å². The van der Waals surface area contributed by atoms with Crippen LogP contribution in [-0.2, 0) is 6.42 Å². The predicted molar refractivity (Wildman–Crippen MR) is 131 cm³/mol. The molecule has 2 N–H and O–H groups in total. The molecule has 0 bridgehead atoms. The molecule has 0 saturated carbocycles. The minimum Gasteiger partial charge on any atom is -0.340 e. The first-order valence-corrected chi connectivity index (χ1v) is 11.4. The maximum Gasteiger partial charge on any atom is 0.258 e. The number of pyridine rings is 1. The van der Waals surface area contributed by atoms with Crippen LogP contribution in [0.2, 0.25) is 0 Å². The van der Waals surface area contributed by atoms with Gasteiger partial charge in [-0.15, -0.1) is 0 Å². The van der Waals surface area contributed by atoms with Gasteiger partial charge < -0.3 is 10.6 Å². The topological polar surface area (TPSA) is 92.7 Å². The number of carbonyl (C=O) groups excluding carboxylic acids is 1. The van der Waals surface area contributed by atoms with Crippen molar-refractivity contribution >= 4 is 45.7 Å². The zero-order valence-electron chi connectivity index (χ0n) is 18.4. The highest BCUT2D eigenvalue weighted by Crippen LogP contribution is 2.24. The van der Waals surface area contributed by atoms with Crippen molar-refractivity contribution in [3.63, 3.8) is 0 Å². The number of nitrogens with one attached hydrogen (secondary N) is 2. The molecule has 3 aromatic heterocycles. The van der Waals surface area contributed by atoms with E-state index in [-0.39, 0.29) is 5.91 Å². The number of para-hydroxylation sites is 2. The molecule has 1 amide bonds. The zero-order chi connectivity index (χ0) is 24.4. The molecule has 0 atom stereocenters. The van der Waals surface area contributed by atoms with E-state index in [4.69, 9.17) is 0 Å². The number of benzene rings is 2. The lowest BCUT2D eigenvalue weighted by Crippen LogP contribution is -2.15. The number of aromatic nitrogens is 4. The molecule has 2 aromatic carbocycles. The Hall–Kier alpha value is -4.31. The first kappa shape index (κ1) is 22.5. The molecular formula is C25H18F2N6OS. The van der Waals surface area contributed by atoms with Crippen LogP contribution in [0.3, 0.4) is 0 Å². The largest absolute Gasteiger partial charge is 0.340 e. The minimum atomic E-state index is -0.955. The Morgan fingerprint density at radius 3 is 2.51 bits per heavy atom. The third-order valence-electron chi connectivity index (χ3n) is 5.21. The van der Waals surface area contributed by atoms with E-state index in [0.717, 1.165) is 33.7 Å². The molecule has 0 aliphatic carbocycles. The average molecular weight is 489 g/mol. The van der Waals surface area contributed by atoms with Crippen LogP contribution in [0.4, 0.5) is 26.0 Å². The highest BCUT2D eigenvalue weighted by atomic mass is 32.1. The van der Waals surface area contributed by atoms with Crippen molar-refractivity contribution in [1.29, 1.82) is 0 Å². The summed E-state index contributed by atoms with van der Waals surface area (Å²) in [6.45, 7) is 1.79. The Morgan fingerprint density at radius 2 is 1.74 bits per heavy atom. The summed E-state index contributed by atoms with van der Waals surface area (Å²) in [5.74, 6) is -1.77. The van der Waals surface area contributed by atoms with Crippen molar-refractivity contribution in [3.8, 4) is 0 Å². The smallest absolute Gasteiger partial charge is 0.258 e. The summed E-state index contributed by atoms with van der Waals surface area (Å²) < 4.78 is 30.9. The first-order valence-electron chi connectivity index (χ1n) is 10.6. The van der Waals surface area contributed by atoms with Gasteiger partial charge in [0.25, 0.3) is 5.91 Å². The maximum absolute atomic E-state index is 13.4. The van der Waals surface area contributed by atoms with Crippen LogP contribution in [0.1, 0.15) is 26.6 Å². The Morgan fingerprint density at radius 1 is 0.943 bits per heavy atom. The van der Waals surface area contributed by atoms with Gasteiger partial charge in [-0.2, -0.15) is 4.37 Å². The summed E-state index contributed by atoms with van der Waals surface area (Å²) >= 11 is 1.26. The molecule has 0 fully saturated rings. The monoisotopic (exact) mass is 488 g/mol. The second-order valence-corrected chi connectivity index (χ2v) is 8.59. The standard InChI is InChI=1S/C25H18F2N6OS/c1-14-24(22(35-33-14)11-17-13-28-20-4-2-3-5-21(20)30-17)25(34)32-16-7-9-23(29-12-16)31-15-6-8-18(26)19(27)10-15/h2-10,12-13H,11H2,1H3,(H,29,31)(H,32,34). The lowest BCUT2D eigenvalue weighted by Gasteiger charge is -2.09. The molecule has 0 aliphatic heterocycles. The number of fused-ring (bicyclic) bond motifs is 1. The van der Waals surface area contributed by atoms with Gasteiger partial charge in [0.05, 0.1) is 39.9 Å². The van der Waals surface area contributed by atoms with Crippen molar-refractivity contribution < 1.29 is 13.6 Å². The molecule has 7 nitrogen and oxygen atoms in total. The van der Waals surface area contributed by atoms with Gasteiger partial charge in [0.15, 0.2) is 11.6 Å². The van der Waals surface area contributed by atoms with Crippen LogP contribution < -0.4 is 10.6 Å². The molecule has 174 valence electrons. The molecule has 5 rings (SSSR count). The number of anilines is 3. The van der Waals surface area contributed by atoms with Gasteiger partial charge in [-0.05, 0) is 54.9 Å². The molecule has 0 unspecified atom stereocenters. The van der Waals surface area contributed by atoms with Gasteiger partial charge in [0, 0.05) is 29.2 Å². The van der Waals surface area contributed by atoms with E-state index in [1.165, 1.54) is 23.8 Å². The Balaban J connectivity index is 1.30. The molecule has 10 heteroatoms. The van der Waals surface area contributed by atoms with Gasteiger partial charge >= 0.3 is 0 Å². The SMILES string of the molecule is Cc1nsc(Cc2cnc3ccccc3n2)c1C(=O)Nc1ccc(Nc2ccc(F)c(F)c2)nc1. The Kier molecular flexibility index (Phi) is 6.11. The number of hydrogen-bond acceptors (Lipinski definition) is 7. The third-order valence-corrected chi connectivity index (χ3v) is 6.15. The Labute approximate surface area is 203 Å². The molecule has 5 aromatic rings. The minimum absolute atomic E-state index is 0.303. The second kappa shape index (κ2) is 9.51. The fourth-order valence-electron chi connectivity index (χ4n) is 3.53. The average Bonchev–Trinajstić information content (AvgIpc) is 3.22. The lowest BCUT2D eigenvalue weighted by molar-refractivity contribution is 0.102. The van der Waals surface area contributed by atoms with Gasteiger partial charge in [-0.3, -0.25) is 9.78 Å². The van der Waals surface area contributed by atoms with Gasteiger partial charge in [-0.1, -0.05) is 12.1 Å². The molecule has 3 heterocycles. The number of halogens is 2. The van der Waals surface area contributed by atoms with E-state index in [9.17, 15) is 13.6 Å². The molecule has 0 radical (unpaired) electrons. The van der Waals surface area contributed by atoms with Crippen molar-refractivity contribution in [2.75, 3.05) is 10.6 Å². The molecular weight excluding hydrogens is 470 g/mol. The van der Waals surface area contributed by atoms with E-state index in [2.05, 4.69) is 30.0 Å². The summed E-state index contributed by atoms with van der Waals surface area (Å²) in [4.78, 5) is 27.2. The van der Waals surface area contributed by atoms with Crippen molar-refractivity contribution in [2.24, 2.45) is 0 Å². The van der Waals surface area contributed by atoms with Crippen LogP contribution in [0.5, 0.6) is 0 Å². The number of aryl methyl sites for hydroxylation is 1. The van der Waals surface area contributed by atoms with Crippen LogP contribution >= 0.6 is 11.5 Å². The Bertz CT molecular complexity index is 1540. The molecule has 0 saturated heterocycles. The summed E-state index contributed by atoms with van der Waals surface area (Å²) in [6.07, 6.45) is 3.62. The van der Waals surface area contributed by atoms with Gasteiger partial charge in [-0.25, -0.2) is 18.7 Å². The number of hydrogen-bond donors (Lipinski definition) is 2. The van der Waals surface area contributed by atoms with Crippen molar-refractivity contribution in [1.82, 2.24) is 19.3 Å². The number of rotatable bonds is 6. The van der Waals surface area contributed by atoms with Crippen LogP contribution in [0.15, 0.2) is 67.0 Å². The number of amides is 1. The summed E-state index contributed by atoms with van der Waals surface area (Å²) in [7, 11) is 0. The fraction of sp³-hybridized carbons (Fsp3) is 0.0800. The summed E-state index contributed by atoms with van der Waals surface area (Å²) in [5.41, 5.74) is 4.30. The summed E-state index contributed by atoms with van der Waals surface area (Å²) in [6, 6.07) is 14.4. The molecule has 0 spiro atoms. The van der Waals surface area contributed by atoms with Crippen molar-refractivity contribution in [2.45, 2.75) is 13.3 Å². The lowest BCUT2D eigenvalue weighted by atomic mass is 10.1. The van der Waals surface area contributed by atoms with E-state index in [1.54, 1.807) is 25.3 Å². The van der Waals surface area contributed by atoms with E-state index >= 15 is 0 Å². The second-order valence-electron chi connectivity index (χ2n) is 7.73. The molecule has 35 heavy (non-hydrogen) atoms. The highest BCUT2D eigenvalue weighted by molar-refractivity contribution is 7.06. The van der Waals surface area contributed by atoms with Crippen LogP contribution in [0, 0.1) is 18.6 Å². The quantitative estimate of drug-likeness (QED) is 0.321. The van der Waals surface area contributed by atoms with Crippen LogP contribution in [0.25, 0.3) is 11.0 Å². The van der Waals surface area contributed by atoms with Crippen molar-refractivity contribution in [3.05, 3.63) is 100 Å². The number of nitrogens with zero attached hydrogens (tertiary/aromatic N) is 4. The summed E-state index contributed by atoms with van der Waals surface area (Å²) in [5, 5.41) is 5.73. The zero-order valence-corrected chi connectivity index (χ0v) is 19.2. The first-order chi connectivity index (χ1) is 17.0. The van der Waals surface area contributed by atoms with Gasteiger partial charge in [0.2, 0.25) is 0 Å². The van der Waals surface area contributed by atoms with Crippen LogP contribution in [-0.4, -0.2) is 25.2 Å². The fourth-order valence-corrected chi connectivity index (χ4v) is 4.41. The number of carbonyl (C=O) groups is 1. The maximum atomic E-state index is 13.4.